The monoisotopic (exact) mass is 436 g/mol. The van der Waals surface area contributed by atoms with Gasteiger partial charge in [0.15, 0.2) is 0 Å². The minimum absolute atomic E-state index is 0.132. The molecule has 3 aliphatic carbocycles. The average molecular weight is 437 g/mol. The minimum Gasteiger partial charge on any atom is -0.362 e. The fourth-order valence-corrected chi connectivity index (χ4v) is 6.45. The average Bonchev–Trinajstić information content (AvgIpc) is 3.03. The van der Waals surface area contributed by atoms with Gasteiger partial charge in [-0.2, -0.15) is 8.42 Å². The first-order valence-electron chi connectivity index (χ1n) is 11.0. The Morgan fingerprint density at radius 2 is 1.77 bits per heavy atom. The molecule has 1 aromatic rings. The van der Waals surface area contributed by atoms with Crippen LogP contribution in [0.3, 0.4) is 0 Å². The summed E-state index contributed by atoms with van der Waals surface area (Å²) in [5, 5.41) is 6.44. The summed E-state index contributed by atoms with van der Waals surface area (Å²) >= 11 is 0. The van der Waals surface area contributed by atoms with Crippen LogP contribution in [0.15, 0.2) is 18.2 Å². The summed E-state index contributed by atoms with van der Waals surface area (Å²) in [5.74, 6) is 2.05. The number of aryl methyl sites for hydroxylation is 1. The number of rotatable bonds is 2. The summed E-state index contributed by atoms with van der Waals surface area (Å²) in [4.78, 5) is 12.3. The van der Waals surface area contributed by atoms with E-state index < -0.39 is 10.4 Å². The van der Waals surface area contributed by atoms with Crippen molar-refractivity contribution in [2.24, 2.45) is 17.3 Å². The third-order valence-corrected chi connectivity index (χ3v) is 7.97. The second-order valence-corrected chi connectivity index (χ2v) is 10.2. The lowest BCUT2D eigenvalue weighted by molar-refractivity contribution is -0.129. The highest BCUT2D eigenvalue weighted by atomic mass is 32.3. The summed E-state index contributed by atoms with van der Waals surface area (Å²) in [5.41, 5.74) is 2.23. The smallest absolute Gasteiger partial charge is 0.362 e. The van der Waals surface area contributed by atoms with Crippen LogP contribution < -0.4 is 14.8 Å². The van der Waals surface area contributed by atoms with Crippen molar-refractivity contribution in [1.82, 2.24) is 10.6 Å². The van der Waals surface area contributed by atoms with Gasteiger partial charge < -0.3 is 14.8 Å². The second-order valence-electron chi connectivity index (χ2n) is 9.21. The number of nitrogens with one attached hydrogen (secondary N) is 2. The molecular formula is C22H32N2O5S. The third-order valence-electron chi connectivity index (χ3n) is 7.57. The molecule has 0 amide bonds. The summed E-state index contributed by atoms with van der Waals surface area (Å²) in [6.45, 7) is 6.71. The summed E-state index contributed by atoms with van der Waals surface area (Å²) < 4.78 is 35.2. The van der Waals surface area contributed by atoms with Gasteiger partial charge in [-0.3, -0.25) is 9.35 Å². The predicted octanol–water partition coefficient (Wildman–Crippen LogP) is 2.47. The molecule has 1 heterocycles. The highest BCUT2D eigenvalue weighted by Crippen LogP contribution is 2.59. The van der Waals surface area contributed by atoms with Crippen molar-refractivity contribution >= 4 is 16.2 Å². The number of carbonyl (C=O) groups is 1. The van der Waals surface area contributed by atoms with Crippen LogP contribution in [0.25, 0.3) is 0 Å². The predicted molar refractivity (Wildman–Crippen MR) is 114 cm³/mol. The van der Waals surface area contributed by atoms with Crippen LogP contribution >= 0.6 is 0 Å². The highest BCUT2D eigenvalue weighted by molar-refractivity contribution is 7.81. The van der Waals surface area contributed by atoms with Gasteiger partial charge in [-0.05, 0) is 73.1 Å². The van der Waals surface area contributed by atoms with E-state index >= 15 is 0 Å². The fraction of sp³-hybridized carbons (Fsp3) is 0.682. The number of ketones is 1. The molecule has 0 unspecified atom stereocenters. The molecule has 7 nitrogen and oxygen atoms in total. The Balaban J connectivity index is 0.000000313. The topological polar surface area (TPSA) is 105 Å². The van der Waals surface area contributed by atoms with E-state index in [1.54, 1.807) is 12.1 Å². The molecule has 3 N–H and O–H groups in total. The van der Waals surface area contributed by atoms with Crippen LogP contribution in [-0.4, -0.2) is 44.9 Å². The number of Topliss-reactive ketones (excluding diaryl/α,β-unsaturated/α-hetero) is 1. The van der Waals surface area contributed by atoms with Gasteiger partial charge in [0.25, 0.3) is 0 Å². The van der Waals surface area contributed by atoms with Gasteiger partial charge in [0.05, 0.1) is 0 Å². The Kier molecular flexibility index (Phi) is 6.21. The molecule has 30 heavy (non-hydrogen) atoms. The summed E-state index contributed by atoms with van der Waals surface area (Å²) in [6, 6.07) is 5.28. The number of carbonyl (C=O) groups excluding carboxylic acids is 1. The first-order valence-corrected chi connectivity index (χ1v) is 12.4. The van der Waals surface area contributed by atoms with Crippen LogP contribution in [0.5, 0.6) is 5.75 Å². The second kappa shape index (κ2) is 8.57. The SMILES string of the molecule is C1CNCCN1.C[C@@]12CC[C@H]3c4ccc(OS(=O)(=O)O)cc4CC[C@H]3[C@H]1CCC2=O. The Morgan fingerprint density at radius 3 is 2.40 bits per heavy atom. The van der Waals surface area contributed by atoms with Crippen LogP contribution in [0, 0.1) is 17.3 Å². The minimum atomic E-state index is -4.49. The summed E-state index contributed by atoms with van der Waals surface area (Å²) in [7, 11) is -4.49. The lowest BCUT2D eigenvalue weighted by Crippen LogP contribution is -2.42. The van der Waals surface area contributed by atoms with Crippen molar-refractivity contribution in [3.8, 4) is 5.75 Å². The van der Waals surface area contributed by atoms with E-state index in [0.717, 1.165) is 70.3 Å². The van der Waals surface area contributed by atoms with Crippen molar-refractivity contribution in [2.75, 3.05) is 26.2 Å². The van der Waals surface area contributed by atoms with Crippen LogP contribution in [0.1, 0.15) is 56.1 Å². The van der Waals surface area contributed by atoms with E-state index in [9.17, 15) is 13.2 Å². The maximum absolute atomic E-state index is 12.3. The molecule has 5 rings (SSSR count). The van der Waals surface area contributed by atoms with Gasteiger partial charge >= 0.3 is 10.4 Å². The maximum atomic E-state index is 12.3. The molecule has 2 saturated carbocycles. The normalized spacial score (nSPS) is 32.9. The van der Waals surface area contributed by atoms with Crippen LogP contribution in [0.4, 0.5) is 0 Å². The molecule has 1 saturated heterocycles. The quantitative estimate of drug-likeness (QED) is 0.612. The van der Waals surface area contributed by atoms with Gasteiger partial charge in [-0.15, -0.1) is 0 Å². The molecule has 8 heteroatoms. The molecule has 0 aromatic heterocycles. The standard InChI is InChI=1S/C18H22O5S.C4H10N2/c1-18-9-8-14-13-5-3-12(23-24(20,21)22)10-11(13)2-4-15(14)16(18)6-7-17(18)19;1-2-6-4-3-5-1/h3,5,10,14-16H,2,4,6-9H2,1H3,(H,20,21,22);5-6H,1-4H2/t14-,15+,16+,18+;/m0./s1. The number of benzene rings is 1. The molecule has 1 aromatic carbocycles. The number of fused-ring (bicyclic) bond motifs is 5. The van der Waals surface area contributed by atoms with Crippen LogP contribution in [0.2, 0.25) is 0 Å². The molecule has 0 radical (unpaired) electrons. The van der Waals surface area contributed by atoms with Crippen molar-refractivity contribution < 1.29 is 21.9 Å². The van der Waals surface area contributed by atoms with Gasteiger partial charge in [0.2, 0.25) is 0 Å². The van der Waals surface area contributed by atoms with Crippen molar-refractivity contribution in [3.05, 3.63) is 29.3 Å². The highest BCUT2D eigenvalue weighted by Gasteiger charge is 2.54. The Hall–Kier alpha value is -1.48. The molecule has 166 valence electrons. The largest absolute Gasteiger partial charge is 0.446 e. The van der Waals surface area contributed by atoms with E-state index in [0.29, 0.717) is 23.5 Å². The Bertz CT molecular complexity index is 887. The van der Waals surface area contributed by atoms with Crippen LogP contribution in [-0.2, 0) is 21.6 Å². The molecule has 0 bridgehead atoms. The fourth-order valence-electron chi connectivity index (χ4n) is 6.11. The van der Waals surface area contributed by atoms with E-state index in [1.807, 2.05) is 6.07 Å². The van der Waals surface area contributed by atoms with Gasteiger partial charge in [0.1, 0.15) is 11.5 Å². The first-order chi connectivity index (χ1) is 14.3. The van der Waals surface area contributed by atoms with Crippen molar-refractivity contribution in [2.45, 2.75) is 51.4 Å². The Labute approximate surface area is 178 Å². The lowest BCUT2D eigenvalue weighted by atomic mass is 9.55. The van der Waals surface area contributed by atoms with Crippen molar-refractivity contribution in [3.63, 3.8) is 0 Å². The van der Waals surface area contributed by atoms with E-state index in [1.165, 1.54) is 5.56 Å². The van der Waals surface area contributed by atoms with Crippen molar-refractivity contribution in [1.29, 1.82) is 0 Å². The van der Waals surface area contributed by atoms with Gasteiger partial charge in [-0.1, -0.05) is 13.0 Å². The molecule has 0 spiro atoms. The maximum Gasteiger partial charge on any atom is 0.446 e. The summed E-state index contributed by atoms with van der Waals surface area (Å²) in [6.07, 6.45) is 5.57. The number of hydrogen-bond donors (Lipinski definition) is 3. The van der Waals surface area contributed by atoms with Gasteiger partial charge in [0, 0.05) is 38.0 Å². The molecule has 4 atom stereocenters. The molecule has 4 aliphatic rings. The molecule has 1 aliphatic heterocycles. The zero-order chi connectivity index (χ0) is 21.4. The zero-order valence-corrected chi connectivity index (χ0v) is 18.3. The van der Waals surface area contributed by atoms with E-state index in [2.05, 4.69) is 21.7 Å². The number of hydrogen-bond acceptors (Lipinski definition) is 6. The zero-order valence-electron chi connectivity index (χ0n) is 17.5. The molecular weight excluding hydrogens is 404 g/mol. The third kappa shape index (κ3) is 4.42. The Morgan fingerprint density at radius 1 is 1.07 bits per heavy atom. The van der Waals surface area contributed by atoms with Gasteiger partial charge in [-0.25, -0.2) is 0 Å². The first kappa shape index (κ1) is 21.7. The number of piperazine rings is 1. The van der Waals surface area contributed by atoms with E-state index in [-0.39, 0.29) is 11.2 Å². The molecule has 3 fully saturated rings. The lowest BCUT2D eigenvalue weighted by Gasteiger charge is -2.48. The van der Waals surface area contributed by atoms with E-state index in [4.69, 9.17) is 4.55 Å².